The summed E-state index contributed by atoms with van der Waals surface area (Å²) in [5, 5.41) is 42.7. The van der Waals surface area contributed by atoms with E-state index in [-0.39, 0.29) is 72.7 Å². The number of ether oxygens (including phenoxy) is 1. The Hall–Kier alpha value is -8.13. The van der Waals surface area contributed by atoms with Crippen LogP contribution in [0, 0.1) is 24.7 Å². The standard InChI is InChI=1S/C56H55N13O11S6/c1-25(2)42-54-68-45(37(86-54)20-80-5)47(75)58-19-40(71)59-32(15-27-9-7-6-8-10-27)51-64-36(23-83-51)52-62-34(21-82-52)44-30(49-63-35(22-81-49)46(74)61-33(18-39(70)57-4)53-67-43(26(3)85-53)48(76)66-42)11-12-31(60-44)50-65-38(24-84-50)69(14-13-41(72)73)55(77)28-16-29(17-28)56(78)79/h6-12,21-25,28-29,32-33,42H,13-20H2,1-5H3,(H,57,70)(H,58,75)(H,59,71)(H,61,74)(H,66,76)(H,72,73)(H,78,79)/t28-,29-,32-,33-,42?/m0/s1. The minimum atomic E-state index is -1.13. The van der Waals surface area contributed by atoms with Gasteiger partial charge in [0, 0.05) is 58.6 Å². The number of thiazole rings is 6. The Morgan fingerprint density at radius 2 is 1.41 bits per heavy atom. The smallest absolute Gasteiger partial charge is 0.306 e. The van der Waals surface area contributed by atoms with Crippen molar-refractivity contribution in [3.05, 3.63) is 111 Å². The van der Waals surface area contributed by atoms with E-state index >= 15 is 0 Å². The number of aromatic nitrogens is 7. The molecule has 1 unspecified atom stereocenters. The number of hydrogen-bond acceptors (Lipinski definition) is 22. The average Bonchev–Trinajstić information content (AvgIpc) is 1.95. The third-order valence-corrected chi connectivity index (χ3v) is 19.8. The fourth-order valence-corrected chi connectivity index (χ4v) is 15.0. The van der Waals surface area contributed by atoms with Gasteiger partial charge >= 0.3 is 11.9 Å². The first kappa shape index (κ1) is 61.0. The molecular formula is C56H55N13O11S6. The Labute approximate surface area is 515 Å². The summed E-state index contributed by atoms with van der Waals surface area (Å²) in [5.41, 5.74) is 3.06. The van der Waals surface area contributed by atoms with Crippen molar-refractivity contribution in [3.63, 3.8) is 0 Å². The second kappa shape index (κ2) is 26.6. The predicted molar refractivity (Wildman–Crippen MR) is 324 cm³/mol. The zero-order chi connectivity index (χ0) is 60.9. The molecule has 446 valence electrons. The van der Waals surface area contributed by atoms with Gasteiger partial charge in [0.2, 0.25) is 17.7 Å². The number of pyridine rings is 1. The number of carboxylic acids is 2. The van der Waals surface area contributed by atoms with E-state index in [9.17, 15) is 48.6 Å². The van der Waals surface area contributed by atoms with Gasteiger partial charge in [0.25, 0.3) is 17.7 Å². The van der Waals surface area contributed by atoms with Crippen LogP contribution in [0.25, 0.3) is 43.4 Å². The molecule has 7 aromatic heterocycles. The molecule has 30 heteroatoms. The van der Waals surface area contributed by atoms with Crippen molar-refractivity contribution >= 4 is 121 Å². The predicted octanol–water partition coefficient (Wildman–Crippen LogP) is 7.74. The van der Waals surface area contributed by atoms with Gasteiger partial charge < -0.3 is 41.5 Å². The number of hydrogen-bond donors (Lipinski definition) is 7. The summed E-state index contributed by atoms with van der Waals surface area (Å²) in [7, 11) is 2.94. The van der Waals surface area contributed by atoms with Crippen LogP contribution in [0.4, 0.5) is 5.82 Å². The number of fused-ring (bicyclic) bond motifs is 14. The number of nitrogens with zero attached hydrogens (tertiary/aromatic N) is 8. The molecule has 24 nitrogen and oxygen atoms in total. The maximum Gasteiger partial charge on any atom is 0.306 e. The molecule has 1 fully saturated rings. The number of carbonyl (C=O) groups excluding carboxylic acids is 6. The zero-order valence-corrected chi connectivity index (χ0v) is 51.5. The van der Waals surface area contributed by atoms with Gasteiger partial charge in [-0.1, -0.05) is 44.2 Å². The molecule has 0 saturated heterocycles. The Kier molecular flexibility index (Phi) is 18.9. The number of carbonyl (C=O) groups is 8. The largest absolute Gasteiger partial charge is 0.481 e. The first-order valence-electron chi connectivity index (χ1n) is 26.8. The number of rotatable bonds is 14. The molecule has 1 aromatic carbocycles. The quantitative estimate of drug-likeness (QED) is 0.0547. The number of aryl methyl sites for hydroxylation is 1. The third-order valence-electron chi connectivity index (χ3n) is 14.0. The second-order valence-electron chi connectivity index (χ2n) is 20.4. The van der Waals surface area contributed by atoms with E-state index in [2.05, 4.69) is 26.6 Å². The van der Waals surface area contributed by atoms with Crippen LogP contribution in [-0.2, 0) is 41.7 Å². The van der Waals surface area contributed by atoms with Gasteiger partial charge in [0.05, 0.1) is 60.6 Å². The van der Waals surface area contributed by atoms with Gasteiger partial charge in [-0.3, -0.25) is 43.3 Å². The van der Waals surface area contributed by atoms with Crippen LogP contribution in [0.15, 0.2) is 64.0 Å². The maximum atomic E-state index is 14.3. The molecule has 8 heterocycles. The first-order valence-corrected chi connectivity index (χ1v) is 32.0. The Bertz CT molecular complexity index is 3880. The van der Waals surface area contributed by atoms with E-state index in [0.29, 0.717) is 69.6 Å². The Balaban J connectivity index is 1.04. The Morgan fingerprint density at radius 1 is 0.698 bits per heavy atom. The van der Waals surface area contributed by atoms with Crippen LogP contribution in [0.1, 0.15) is 119 Å². The summed E-state index contributed by atoms with van der Waals surface area (Å²) >= 11 is 7.23. The lowest BCUT2D eigenvalue weighted by atomic mass is 9.74. The third kappa shape index (κ3) is 13.7. The topological polar surface area (TPSA) is 340 Å². The lowest BCUT2D eigenvalue weighted by molar-refractivity contribution is -0.148. The molecule has 86 heavy (non-hydrogen) atoms. The summed E-state index contributed by atoms with van der Waals surface area (Å²) in [6.07, 6.45) is -0.0112. The molecule has 1 aliphatic heterocycles. The monoisotopic (exact) mass is 1280 g/mol. The molecule has 0 spiro atoms. The van der Waals surface area contributed by atoms with Gasteiger partial charge in [0.1, 0.15) is 70.0 Å². The molecule has 0 radical (unpaired) electrons. The van der Waals surface area contributed by atoms with Gasteiger partial charge in [-0.2, -0.15) is 0 Å². The van der Waals surface area contributed by atoms with Crippen molar-refractivity contribution in [2.45, 2.75) is 77.6 Å². The highest BCUT2D eigenvalue weighted by Crippen LogP contribution is 2.41. The normalized spacial score (nSPS) is 18.2. The average molecular weight is 1280 g/mol. The van der Waals surface area contributed by atoms with E-state index < -0.39 is 83.9 Å². The van der Waals surface area contributed by atoms with E-state index in [0.717, 1.165) is 39.6 Å². The summed E-state index contributed by atoms with van der Waals surface area (Å²) in [4.78, 5) is 143. The van der Waals surface area contributed by atoms with Gasteiger partial charge in [0.15, 0.2) is 0 Å². The fraction of sp³-hybridized carbons (Fsp3) is 0.339. The van der Waals surface area contributed by atoms with E-state index in [1.54, 1.807) is 35.2 Å². The van der Waals surface area contributed by atoms with Crippen molar-refractivity contribution in [2.24, 2.45) is 17.8 Å². The highest BCUT2D eigenvalue weighted by Gasteiger charge is 2.42. The van der Waals surface area contributed by atoms with Crippen molar-refractivity contribution in [2.75, 3.05) is 32.1 Å². The van der Waals surface area contributed by atoms with Crippen LogP contribution in [0.3, 0.4) is 0 Å². The van der Waals surface area contributed by atoms with Crippen LogP contribution in [0.5, 0.6) is 0 Å². The molecule has 3 atom stereocenters. The molecule has 1 aliphatic carbocycles. The summed E-state index contributed by atoms with van der Waals surface area (Å²) in [6, 6.07) is 10.6. The summed E-state index contributed by atoms with van der Waals surface area (Å²) < 4.78 is 5.46. The molecule has 6 amide bonds. The molecule has 7 N–H and O–H groups in total. The molecule has 10 rings (SSSR count). The van der Waals surface area contributed by atoms with Gasteiger partial charge in [-0.05, 0) is 49.8 Å². The summed E-state index contributed by atoms with van der Waals surface area (Å²) in [5.74, 6) is -6.63. The molecule has 10 bridgehead atoms. The SMILES string of the molecule is CNC(=O)C[C@@H]1NC(=O)c2csc(n2)-c2ccc(-c3nc(N(CCC(=O)O)C(=O)[C@H]4C[C@H](C(=O)O)C4)cs3)nc2-c2csc(n2)-c2csc(n2)[C@H](Cc2ccccc2)NC(=O)CNC(=O)c2nc(sc2COC)C(C(C)C)NC(=O)c2nc1sc2C. The zero-order valence-electron chi connectivity index (χ0n) is 46.6. The van der Waals surface area contributed by atoms with E-state index in [4.69, 9.17) is 39.6 Å². The number of anilines is 1. The molecular weight excluding hydrogens is 1220 g/mol. The first-order chi connectivity index (χ1) is 41.3. The van der Waals surface area contributed by atoms with E-state index in [1.807, 2.05) is 49.6 Å². The van der Waals surface area contributed by atoms with Crippen LogP contribution in [0.2, 0.25) is 0 Å². The van der Waals surface area contributed by atoms with E-state index in [1.165, 1.54) is 53.1 Å². The minimum Gasteiger partial charge on any atom is -0.481 e. The lowest BCUT2D eigenvalue weighted by Gasteiger charge is -2.34. The number of methoxy groups -OCH3 is 1. The maximum absolute atomic E-state index is 14.3. The number of nitrogens with one attached hydrogen (secondary N) is 5. The minimum absolute atomic E-state index is 0.00388. The van der Waals surface area contributed by atoms with Crippen molar-refractivity contribution in [3.8, 4) is 43.4 Å². The summed E-state index contributed by atoms with van der Waals surface area (Å²) in [6.45, 7) is 4.89. The van der Waals surface area contributed by atoms with Gasteiger partial charge in [-0.15, -0.1) is 68.0 Å². The van der Waals surface area contributed by atoms with Crippen LogP contribution in [-0.4, -0.2) is 120 Å². The fourth-order valence-electron chi connectivity index (χ4n) is 9.46. The second-order valence-corrected chi connectivity index (χ2v) is 26.2. The van der Waals surface area contributed by atoms with Crippen LogP contribution >= 0.6 is 68.0 Å². The van der Waals surface area contributed by atoms with Gasteiger partial charge in [-0.25, -0.2) is 34.9 Å². The van der Waals surface area contributed by atoms with Crippen molar-refractivity contribution in [1.82, 2.24) is 61.5 Å². The highest BCUT2D eigenvalue weighted by molar-refractivity contribution is 7.15. The highest BCUT2D eigenvalue weighted by atomic mass is 32.1. The van der Waals surface area contributed by atoms with Crippen LogP contribution < -0.4 is 31.5 Å². The molecule has 8 aromatic rings. The number of benzene rings is 1. The van der Waals surface area contributed by atoms with Crippen molar-refractivity contribution < 1.29 is 53.3 Å². The van der Waals surface area contributed by atoms with Crippen molar-refractivity contribution in [1.29, 1.82) is 0 Å². The molecule has 1 saturated carbocycles. The number of amides is 6. The number of carboxylic acid groups (broad SMARTS) is 2. The lowest BCUT2D eigenvalue weighted by Crippen LogP contribution is -2.44. The number of aliphatic carboxylic acids is 2. The molecule has 2 aliphatic rings. The Morgan fingerprint density at radius 3 is 2.14 bits per heavy atom.